The Morgan fingerprint density at radius 3 is 2.86 bits per heavy atom. The summed E-state index contributed by atoms with van der Waals surface area (Å²) in [4.78, 5) is 10.1. The Morgan fingerprint density at radius 2 is 2.29 bits per heavy atom. The van der Waals surface area contributed by atoms with Crippen molar-refractivity contribution in [2.75, 3.05) is 5.32 Å². The van der Waals surface area contributed by atoms with E-state index < -0.39 is 11.8 Å². The summed E-state index contributed by atoms with van der Waals surface area (Å²) in [7, 11) is 0. The van der Waals surface area contributed by atoms with Crippen LogP contribution in [-0.4, -0.2) is 11.1 Å². The lowest BCUT2D eigenvalue weighted by Gasteiger charge is -2.01. The summed E-state index contributed by atoms with van der Waals surface area (Å²) in [6.45, 7) is 0. The molecule has 1 rings (SSSR count). The van der Waals surface area contributed by atoms with Gasteiger partial charge in [0, 0.05) is 17.3 Å². The summed E-state index contributed by atoms with van der Waals surface area (Å²) < 4.78 is 13.0. The average Bonchev–Trinajstić information content (AvgIpc) is 2.08. The highest BCUT2D eigenvalue weighted by Gasteiger charge is 1.99. The molecule has 2 N–H and O–H groups in total. The summed E-state index contributed by atoms with van der Waals surface area (Å²) in [6, 6.07) is 4.06. The molecule has 0 heterocycles. The quantitative estimate of drug-likeness (QED) is 0.762. The minimum absolute atomic E-state index is 0.173. The molecule has 1 aromatic rings. The number of hydrogen-bond acceptors (Lipinski definition) is 2. The van der Waals surface area contributed by atoms with Crippen LogP contribution >= 0.6 is 11.6 Å². The van der Waals surface area contributed by atoms with Crippen molar-refractivity contribution in [3.8, 4) is 0 Å². The molecule has 0 amide bonds. The van der Waals surface area contributed by atoms with Crippen LogP contribution in [-0.2, 0) is 4.79 Å². The second-order valence-electron chi connectivity index (χ2n) is 2.44. The second kappa shape index (κ2) is 4.62. The Kier molecular flexibility index (Phi) is 3.48. The summed E-state index contributed by atoms with van der Waals surface area (Å²) in [5, 5.41) is 11.0. The highest BCUT2D eigenvalue weighted by Crippen LogP contribution is 2.18. The zero-order chi connectivity index (χ0) is 10.6. The fourth-order valence-corrected chi connectivity index (χ4v) is 0.968. The molecule has 3 nitrogen and oxygen atoms in total. The molecule has 1 aromatic carbocycles. The van der Waals surface area contributed by atoms with Gasteiger partial charge in [-0.15, -0.1) is 0 Å². The highest BCUT2D eigenvalue weighted by atomic mass is 35.5. The van der Waals surface area contributed by atoms with Crippen LogP contribution in [0.2, 0.25) is 5.02 Å². The van der Waals surface area contributed by atoms with Crippen LogP contribution in [0.15, 0.2) is 30.5 Å². The molecular weight excluding hydrogens is 209 g/mol. The molecule has 0 bridgehead atoms. The van der Waals surface area contributed by atoms with Gasteiger partial charge in [0.2, 0.25) is 0 Å². The van der Waals surface area contributed by atoms with E-state index in [-0.39, 0.29) is 10.7 Å². The van der Waals surface area contributed by atoms with Crippen molar-refractivity contribution >= 4 is 23.3 Å². The average molecular weight is 216 g/mol. The minimum atomic E-state index is -1.10. The Morgan fingerprint density at radius 1 is 1.57 bits per heavy atom. The van der Waals surface area contributed by atoms with Crippen LogP contribution in [0, 0.1) is 5.82 Å². The van der Waals surface area contributed by atoms with E-state index in [1.165, 1.54) is 12.1 Å². The zero-order valence-electron chi connectivity index (χ0n) is 7.00. The molecule has 0 saturated heterocycles. The SMILES string of the molecule is O=C(O)/C=C/Nc1ccc(Cl)cc1F. The Hall–Kier alpha value is -1.55. The van der Waals surface area contributed by atoms with Gasteiger partial charge in [-0.05, 0) is 18.2 Å². The lowest BCUT2D eigenvalue weighted by molar-refractivity contribution is -0.131. The number of aliphatic carboxylic acids is 1. The van der Waals surface area contributed by atoms with Crippen molar-refractivity contribution in [1.29, 1.82) is 0 Å². The maximum Gasteiger partial charge on any atom is 0.329 e. The molecule has 0 aliphatic heterocycles. The molecule has 0 aromatic heterocycles. The monoisotopic (exact) mass is 215 g/mol. The van der Waals surface area contributed by atoms with Crippen LogP contribution in [0.3, 0.4) is 0 Å². The van der Waals surface area contributed by atoms with Crippen LogP contribution < -0.4 is 5.32 Å². The first-order valence-electron chi connectivity index (χ1n) is 3.70. The van der Waals surface area contributed by atoms with Gasteiger partial charge in [-0.25, -0.2) is 9.18 Å². The lowest BCUT2D eigenvalue weighted by Crippen LogP contribution is -1.94. The van der Waals surface area contributed by atoms with Gasteiger partial charge in [0.25, 0.3) is 0 Å². The van der Waals surface area contributed by atoms with E-state index in [1.807, 2.05) is 0 Å². The Labute approximate surface area is 84.8 Å². The van der Waals surface area contributed by atoms with E-state index in [1.54, 1.807) is 0 Å². The van der Waals surface area contributed by atoms with E-state index >= 15 is 0 Å². The third-order valence-corrected chi connectivity index (χ3v) is 1.63. The number of carbonyl (C=O) groups is 1. The van der Waals surface area contributed by atoms with Crippen molar-refractivity contribution < 1.29 is 14.3 Å². The van der Waals surface area contributed by atoms with Crippen molar-refractivity contribution in [2.45, 2.75) is 0 Å². The maximum absolute atomic E-state index is 13.0. The third-order valence-electron chi connectivity index (χ3n) is 1.40. The number of nitrogens with one attached hydrogen (secondary N) is 1. The molecule has 0 spiro atoms. The van der Waals surface area contributed by atoms with Crippen molar-refractivity contribution in [3.63, 3.8) is 0 Å². The molecule has 14 heavy (non-hydrogen) atoms. The van der Waals surface area contributed by atoms with Gasteiger partial charge in [0.1, 0.15) is 5.82 Å². The molecular formula is C9H7ClFNO2. The first kappa shape index (κ1) is 10.5. The summed E-state index contributed by atoms with van der Waals surface area (Å²) in [5.74, 6) is -1.64. The first-order valence-corrected chi connectivity index (χ1v) is 4.08. The van der Waals surface area contributed by atoms with Crippen molar-refractivity contribution in [3.05, 3.63) is 41.3 Å². The van der Waals surface area contributed by atoms with Gasteiger partial charge >= 0.3 is 5.97 Å². The fraction of sp³-hybridized carbons (Fsp3) is 0. The molecule has 0 radical (unpaired) electrons. The summed E-state index contributed by atoms with van der Waals surface area (Å²) >= 11 is 5.52. The zero-order valence-corrected chi connectivity index (χ0v) is 7.75. The number of carboxylic acids is 1. The number of rotatable bonds is 3. The molecule has 5 heteroatoms. The second-order valence-corrected chi connectivity index (χ2v) is 2.88. The predicted molar refractivity (Wildman–Crippen MR) is 51.8 cm³/mol. The standard InChI is InChI=1S/C9H7ClFNO2/c10-6-1-2-8(7(11)5-6)12-4-3-9(13)14/h1-5,12H,(H,13,14)/b4-3+. The van der Waals surface area contributed by atoms with Crippen LogP contribution in [0.5, 0.6) is 0 Å². The highest BCUT2D eigenvalue weighted by molar-refractivity contribution is 6.30. The normalized spacial score (nSPS) is 10.4. The third kappa shape index (κ3) is 3.06. The van der Waals surface area contributed by atoms with E-state index in [0.29, 0.717) is 0 Å². The largest absolute Gasteiger partial charge is 0.478 e. The Balaban J connectivity index is 2.73. The van der Waals surface area contributed by atoms with Gasteiger partial charge < -0.3 is 10.4 Å². The van der Waals surface area contributed by atoms with Crippen LogP contribution in [0.1, 0.15) is 0 Å². The van der Waals surface area contributed by atoms with E-state index in [4.69, 9.17) is 16.7 Å². The molecule has 0 atom stereocenters. The van der Waals surface area contributed by atoms with Crippen molar-refractivity contribution in [2.24, 2.45) is 0 Å². The molecule has 0 unspecified atom stereocenters. The summed E-state index contributed by atoms with van der Waals surface area (Å²) in [5.41, 5.74) is 0.173. The van der Waals surface area contributed by atoms with Crippen molar-refractivity contribution in [1.82, 2.24) is 0 Å². The van der Waals surface area contributed by atoms with Gasteiger partial charge in [0.15, 0.2) is 0 Å². The van der Waals surface area contributed by atoms with Gasteiger partial charge in [-0.3, -0.25) is 0 Å². The number of hydrogen-bond donors (Lipinski definition) is 2. The fourth-order valence-electron chi connectivity index (χ4n) is 0.809. The topological polar surface area (TPSA) is 49.3 Å². The maximum atomic E-state index is 13.0. The molecule has 0 aliphatic rings. The lowest BCUT2D eigenvalue weighted by atomic mass is 10.3. The van der Waals surface area contributed by atoms with Gasteiger partial charge in [-0.1, -0.05) is 11.6 Å². The molecule has 74 valence electrons. The number of anilines is 1. The number of benzene rings is 1. The van der Waals surface area contributed by atoms with E-state index in [9.17, 15) is 9.18 Å². The first-order chi connectivity index (χ1) is 6.59. The Bertz CT molecular complexity index is 379. The van der Waals surface area contributed by atoms with Gasteiger partial charge in [-0.2, -0.15) is 0 Å². The summed E-state index contributed by atoms with van der Waals surface area (Å²) in [6.07, 6.45) is 2.00. The number of carboxylic acid groups (broad SMARTS) is 1. The van der Waals surface area contributed by atoms with Crippen LogP contribution in [0.25, 0.3) is 0 Å². The van der Waals surface area contributed by atoms with Gasteiger partial charge in [0.05, 0.1) is 5.69 Å². The van der Waals surface area contributed by atoms with Crippen LogP contribution in [0.4, 0.5) is 10.1 Å². The van der Waals surface area contributed by atoms with E-state index in [2.05, 4.69) is 5.32 Å². The molecule has 0 saturated carbocycles. The minimum Gasteiger partial charge on any atom is -0.478 e. The molecule has 0 fully saturated rings. The smallest absolute Gasteiger partial charge is 0.329 e. The number of halogens is 2. The molecule has 0 aliphatic carbocycles. The predicted octanol–water partition coefficient (Wildman–Crippen LogP) is 2.49. The van der Waals surface area contributed by atoms with E-state index in [0.717, 1.165) is 18.3 Å².